The lowest BCUT2D eigenvalue weighted by molar-refractivity contribution is -0.121. The number of carbonyl (C=O) groups is 2. The summed E-state index contributed by atoms with van der Waals surface area (Å²) in [7, 11) is 3.21. The first-order valence-corrected chi connectivity index (χ1v) is 7.54. The summed E-state index contributed by atoms with van der Waals surface area (Å²) < 4.78 is 5.09. The second-order valence-electron chi connectivity index (χ2n) is 5.48. The number of rotatable bonds is 7. The zero-order valence-electron chi connectivity index (χ0n) is 13.3. The van der Waals surface area contributed by atoms with Crippen molar-refractivity contribution in [1.82, 2.24) is 20.9 Å². The molecule has 0 spiro atoms. The third-order valence-electron chi connectivity index (χ3n) is 3.89. The molecule has 0 saturated carbocycles. The van der Waals surface area contributed by atoms with Gasteiger partial charge >= 0.3 is 6.03 Å². The first-order valence-electron chi connectivity index (χ1n) is 7.54. The van der Waals surface area contributed by atoms with Crippen molar-refractivity contribution >= 4 is 11.9 Å². The van der Waals surface area contributed by atoms with Gasteiger partial charge in [0.2, 0.25) is 5.91 Å². The van der Waals surface area contributed by atoms with Crippen LogP contribution in [0, 0.1) is 5.92 Å². The molecule has 1 aliphatic rings. The van der Waals surface area contributed by atoms with Crippen molar-refractivity contribution in [3.63, 3.8) is 0 Å². The van der Waals surface area contributed by atoms with E-state index in [2.05, 4.69) is 20.9 Å². The van der Waals surface area contributed by atoms with E-state index in [1.165, 1.54) is 7.05 Å². The molecule has 1 atom stereocenters. The highest BCUT2D eigenvalue weighted by Crippen LogP contribution is 2.16. The Balaban J connectivity index is 2.18. The molecule has 0 aliphatic carbocycles. The minimum Gasteiger partial charge on any atom is -0.383 e. The van der Waals surface area contributed by atoms with Crippen molar-refractivity contribution in [2.24, 2.45) is 5.92 Å². The topological polar surface area (TPSA) is 82.7 Å². The Morgan fingerprint density at radius 3 is 2.57 bits per heavy atom. The maximum Gasteiger partial charge on any atom is 0.321 e. The number of methoxy groups -OCH3 is 1. The summed E-state index contributed by atoms with van der Waals surface area (Å²) >= 11 is 0. The van der Waals surface area contributed by atoms with Crippen LogP contribution >= 0.6 is 0 Å². The van der Waals surface area contributed by atoms with E-state index in [1.54, 1.807) is 14.0 Å². The van der Waals surface area contributed by atoms with Gasteiger partial charge < -0.3 is 20.3 Å². The maximum absolute atomic E-state index is 11.7. The van der Waals surface area contributed by atoms with Gasteiger partial charge in [0.1, 0.15) is 0 Å². The highest BCUT2D eigenvalue weighted by molar-refractivity contribution is 5.96. The molecule has 0 unspecified atom stereocenters. The molecule has 1 saturated heterocycles. The number of nitrogens with one attached hydrogen (secondary N) is 3. The molecule has 3 N–H and O–H groups in total. The monoisotopic (exact) mass is 300 g/mol. The molecule has 122 valence electrons. The van der Waals surface area contributed by atoms with Crippen molar-refractivity contribution in [2.45, 2.75) is 25.8 Å². The van der Waals surface area contributed by atoms with E-state index in [0.717, 1.165) is 45.6 Å². The highest BCUT2D eigenvalue weighted by atomic mass is 16.5. The van der Waals surface area contributed by atoms with Crippen LogP contribution in [0.4, 0.5) is 4.79 Å². The molecule has 0 aromatic carbocycles. The van der Waals surface area contributed by atoms with Crippen LogP contribution in [0.15, 0.2) is 0 Å². The molecule has 1 fully saturated rings. The summed E-state index contributed by atoms with van der Waals surface area (Å²) in [4.78, 5) is 25.2. The van der Waals surface area contributed by atoms with Gasteiger partial charge in [-0.1, -0.05) is 0 Å². The van der Waals surface area contributed by atoms with Crippen LogP contribution in [-0.2, 0) is 9.53 Å². The van der Waals surface area contributed by atoms with E-state index in [1.807, 2.05) is 0 Å². The van der Waals surface area contributed by atoms with Crippen molar-refractivity contribution in [1.29, 1.82) is 0 Å². The van der Waals surface area contributed by atoms with Gasteiger partial charge in [0, 0.05) is 20.7 Å². The number of nitrogens with zero attached hydrogens (tertiary/aromatic N) is 1. The molecule has 7 heteroatoms. The van der Waals surface area contributed by atoms with Crippen LogP contribution in [0.1, 0.15) is 19.8 Å². The first-order chi connectivity index (χ1) is 10.1. The summed E-state index contributed by atoms with van der Waals surface area (Å²) in [6, 6.07) is -0.839. The molecule has 7 nitrogen and oxygen atoms in total. The smallest absolute Gasteiger partial charge is 0.321 e. The van der Waals surface area contributed by atoms with Gasteiger partial charge in [-0.2, -0.15) is 0 Å². The molecule has 21 heavy (non-hydrogen) atoms. The molecule has 0 bridgehead atoms. The van der Waals surface area contributed by atoms with E-state index in [-0.39, 0.29) is 11.9 Å². The van der Waals surface area contributed by atoms with Gasteiger partial charge in [-0.3, -0.25) is 10.1 Å². The number of amides is 3. The van der Waals surface area contributed by atoms with Crippen LogP contribution in [0.5, 0.6) is 0 Å². The Morgan fingerprint density at radius 2 is 2.00 bits per heavy atom. The highest BCUT2D eigenvalue weighted by Gasteiger charge is 2.21. The average Bonchev–Trinajstić information content (AvgIpc) is 2.51. The van der Waals surface area contributed by atoms with Crippen molar-refractivity contribution in [3.8, 4) is 0 Å². The van der Waals surface area contributed by atoms with E-state index >= 15 is 0 Å². The van der Waals surface area contributed by atoms with E-state index in [9.17, 15) is 9.59 Å². The summed E-state index contributed by atoms with van der Waals surface area (Å²) in [6.45, 7) is 6.50. The number of hydrogen-bond acceptors (Lipinski definition) is 5. The quantitative estimate of drug-likeness (QED) is 0.605. The molecular formula is C14H28N4O3. The summed E-state index contributed by atoms with van der Waals surface area (Å²) in [6.07, 6.45) is 2.25. The van der Waals surface area contributed by atoms with E-state index in [4.69, 9.17) is 4.74 Å². The number of urea groups is 1. The molecule has 1 heterocycles. The zero-order valence-corrected chi connectivity index (χ0v) is 13.3. The Morgan fingerprint density at radius 1 is 1.33 bits per heavy atom. The standard InChI is InChI=1S/C14H28N4O3/c1-11(13(19)17-14(20)15-2)16-10-12-4-6-18(7-5-12)8-9-21-3/h11-12,16H,4-10H2,1-3H3,(H2,15,17,19,20)/t11-/m1/s1. The van der Waals surface area contributed by atoms with Gasteiger partial charge in [-0.25, -0.2) is 4.79 Å². The summed E-state index contributed by atoms with van der Waals surface area (Å²) in [5.41, 5.74) is 0. The van der Waals surface area contributed by atoms with Gasteiger partial charge in [0.15, 0.2) is 0 Å². The molecule has 0 aromatic rings. The van der Waals surface area contributed by atoms with Crippen LogP contribution in [0.3, 0.4) is 0 Å². The third-order valence-corrected chi connectivity index (χ3v) is 3.89. The minimum absolute atomic E-state index is 0.299. The Labute approximate surface area is 126 Å². The van der Waals surface area contributed by atoms with Gasteiger partial charge in [-0.15, -0.1) is 0 Å². The average molecular weight is 300 g/mol. The normalized spacial score (nSPS) is 18.2. The van der Waals surface area contributed by atoms with Gasteiger partial charge in [0.25, 0.3) is 0 Å². The van der Waals surface area contributed by atoms with Gasteiger partial charge in [0.05, 0.1) is 12.6 Å². The molecule has 0 aromatic heterocycles. The minimum atomic E-state index is -0.472. The largest absolute Gasteiger partial charge is 0.383 e. The predicted molar refractivity (Wildman–Crippen MR) is 81.1 cm³/mol. The molecule has 1 rings (SSSR count). The van der Waals surface area contributed by atoms with Crippen molar-refractivity contribution in [3.05, 3.63) is 0 Å². The number of likely N-dealkylation sites (tertiary alicyclic amines) is 1. The fourth-order valence-electron chi connectivity index (χ4n) is 2.35. The second-order valence-corrected chi connectivity index (χ2v) is 5.48. The molecular weight excluding hydrogens is 272 g/mol. The second kappa shape index (κ2) is 9.70. The number of piperidine rings is 1. The van der Waals surface area contributed by atoms with Crippen molar-refractivity contribution < 1.29 is 14.3 Å². The van der Waals surface area contributed by atoms with E-state index < -0.39 is 6.03 Å². The van der Waals surface area contributed by atoms with Crippen LogP contribution in [0.2, 0.25) is 0 Å². The molecule has 0 radical (unpaired) electrons. The van der Waals surface area contributed by atoms with Crippen LogP contribution in [0.25, 0.3) is 0 Å². The Hall–Kier alpha value is -1.18. The fourth-order valence-corrected chi connectivity index (χ4v) is 2.35. The van der Waals surface area contributed by atoms with Crippen LogP contribution < -0.4 is 16.0 Å². The number of imide groups is 1. The molecule has 1 aliphatic heterocycles. The SMILES string of the molecule is CNC(=O)NC(=O)[C@@H](C)NCC1CCN(CCOC)CC1. The number of ether oxygens (including phenoxy) is 1. The zero-order chi connectivity index (χ0) is 15.7. The van der Waals surface area contributed by atoms with Crippen molar-refractivity contribution in [2.75, 3.05) is 46.9 Å². The maximum atomic E-state index is 11.7. The lowest BCUT2D eigenvalue weighted by atomic mass is 9.96. The molecule has 3 amide bonds. The van der Waals surface area contributed by atoms with E-state index in [0.29, 0.717) is 5.92 Å². The van der Waals surface area contributed by atoms with Gasteiger partial charge in [-0.05, 0) is 45.3 Å². The fraction of sp³-hybridized carbons (Fsp3) is 0.857. The lowest BCUT2D eigenvalue weighted by Gasteiger charge is -2.32. The number of carbonyl (C=O) groups excluding carboxylic acids is 2. The van der Waals surface area contributed by atoms with Crippen LogP contribution in [-0.4, -0.2) is 69.8 Å². The first kappa shape index (κ1) is 17.9. The number of hydrogen-bond donors (Lipinski definition) is 3. The third kappa shape index (κ3) is 6.88. The Kier molecular flexibility index (Phi) is 8.26. The summed E-state index contributed by atoms with van der Waals surface area (Å²) in [5, 5.41) is 7.84. The summed E-state index contributed by atoms with van der Waals surface area (Å²) in [5.74, 6) is 0.283. The lowest BCUT2D eigenvalue weighted by Crippen LogP contribution is -2.49. The Bertz CT molecular complexity index is 330. The predicted octanol–water partition coefficient (Wildman–Crippen LogP) is -0.221.